The second-order valence-electron chi connectivity index (χ2n) is 6.13. The molecule has 0 bridgehead atoms. The molecule has 1 aromatic heterocycles. The van der Waals surface area contributed by atoms with E-state index in [0.29, 0.717) is 12.0 Å². The summed E-state index contributed by atoms with van der Waals surface area (Å²) in [5, 5.41) is 8.46. The number of rotatable bonds is 2. The van der Waals surface area contributed by atoms with Gasteiger partial charge < -0.3 is 10.6 Å². The molecule has 1 aliphatic heterocycles. The van der Waals surface area contributed by atoms with E-state index < -0.39 is 0 Å². The Morgan fingerprint density at radius 2 is 1.74 bits per heavy atom. The summed E-state index contributed by atoms with van der Waals surface area (Å²) in [6.45, 7) is 2.74. The van der Waals surface area contributed by atoms with Gasteiger partial charge in [0.05, 0.1) is 5.69 Å². The third-order valence-electron chi connectivity index (χ3n) is 4.98. The average Bonchev–Trinajstić information content (AvgIpc) is 2.49. The van der Waals surface area contributed by atoms with Gasteiger partial charge >= 0.3 is 0 Å². The first kappa shape index (κ1) is 12.9. The van der Waals surface area contributed by atoms with Crippen molar-refractivity contribution in [2.24, 2.45) is 11.1 Å². The van der Waals surface area contributed by atoms with E-state index in [-0.39, 0.29) is 0 Å². The van der Waals surface area contributed by atoms with Crippen molar-refractivity contribution >= 4 is 5.82 Å². The van der Waals surface area contributed by atoms with Crippen molar-refractivity contribution < 1.29 is 0 Å². The van der Waals surface area contributed by atoms with Crippen molar-refractivity contribution in [2.45, 2.75) is 51.5 Å². The van der Waals surface area contributed by atoms with Gasteiger partial charge in [-0.3, -0.25) is 0 Å². The number of hydrogen-bond acceptors (Lipinski definition) is 4. The predicted octanol–water partition coefficient (Wildman–Crippen LogP) is 2.49. The minimum absolute atomic E-state index is 0.469. The zero-order chi connectivity index (χ0) is 13.1. The quantitative estimate of drug-likeness (QED) is 0.887. The van der Waals surface area contributed by atoms with Crippen LogP contribution in [-0.4, -0.2) is 23.3 Å². The van der Waals surface area contributed by atoms with E-state index in [1.54, 1.807) is 0 Å². The number of piperidine rings is 1. The maximum Gasteiger partial charge on any atom is 0.151 e. The van der Waals surface area contributed by atoms with Crippen LogP contribution >= 0.6 is 0 Å². The van der Waals surface area contributed by atoms with Crippen molar-refractivity contribution in [3.05, 3.63) is 17.8 Å². The number of hydrogen-bond donors (Lipinski definition) is 1. The molecule has 2 N–H and O–H groups in total. The average molecular weight is 260 g/mol. The molecule has 104 valence electrons. The Hall–Kier alpha value is -1.16. The molecule has 0 atom stereocenters. The molecule has 1 spiro atoms. The fraction of sp³-hybridized carbons (Fsp3) is 0.733. The van der Waals surface area contributed by atoms with Crippen LogP contribution in [0.5, 0.6) is 0 Å². The van der Waals surface area contributed by atoms with Gasteiger partial charge in [0.15, 0.2) is 5.82 Å². The fourth-order valence-corrected chi connectivity index (χ4v) is 3.64. The van der Waals surface area contributed by atoms with E-state index in [9.17, 15) is 0 Å². The highest BCUT2D eigenvalue weighted by molar-refractivity contribution is 5.38. The summed E-state index contributed by atoms with van der Waals surface area (Å²) in [6.07, 6.45) is 9.85. The van der Waals surface area contributed by atoms with Crippen LogP contribution in [0.15, 0.2) is 12.1 Å². The lowest BCUT2D eigenvalue weighted by Crippen LogP contribution is -2.41. The van der Waals surface area contributed by atoms with Gasteiger partial charge in [0.1, 0.15) is 0 Å². The fourth-order valence-electron chi connectivity index (χ4n) is 3.64. The van der Waals surface area contributed by atoms with Gasteiger partial charge in [0, 0.05) is 19.6 Å². The summed E-state index contributed by atoms with van der Waals surface area (Å²) < 4.78 is 0. The third kappa shape index (κ3) is 2.73. The number of anilines is 1. The molecule has 0 amide bonds. The predicted molar refractivity (Wildman–Crippen MR) is 76.9 cm³/mol. The van der Waals surface area contributed by atoms with Gasteiger partial charge in [0.2, 0.25) is 0 Å². The lowest BCUT2D eigenvalue weighted by molar-refractivity contribution is 0.144. The summed E-state index contributed by atoms with van der Waals surface area (Å²) >= 11 is 0. The highest BCUT2D eigenvalue weighted by Gasteiger charge is 2.35. The Labute approximate surface area is 115 Å². The number of nitrogens with zero attached hydrogens (tertiary/aromatic N) is 3. The first-order valence-corrected chi connectivity index (χ1v) is 7.59. The molecular weight excluding hydrogens is 236 g/mol. The molecule has 2 heterocycles. The normalized spacial score (nSPS) is 22.7. The highest BCUT2D eigenvalue weighted by atomic mass is 15.3. The first-order chi connectivity index (χ1) is 9.31. The summed E-state index contributed by atoms with van der Waals surface area (Å²) in [5.41, 5.74) is 7.07. The minimum Gasteiger partial charge on any atom is -0.355 e. The van der Waals surface area contributed by atoms with Crippen LogP contribution in [0.3, 0.4) is 0 Å². The molecule has 3 rings (SSSR count). The zero-order valence-electron chi connectivity index (χ0n) is 11.6. The van der Waals surface area contributed by atoms with E-state index in [1.165, 1.54) is 44.9 Å². The molecule has 4 heteroatoms. The largest absolute Gasteiger partial charge is 0.355 e. The lowest BCUT2D eigenvalue weighted by atomic mass is 9.68. The van der Waals surface area contributed by atoms with E-state index in [4.69, 9.17) is 5.73 Å². The number of aromatic nitrogens is 2. The van der Waals surface area contributed by atoms with Crippen molar-refractivity contribution in [3.63, 3.8) is 0 Å². The molecule has 4 nitrogen and oxygen atoms in total. The maximum atomic E-state index is 5.56. The molecule has 0 aromatic carbocycles. The Morgan fingerprint density at radius 1 is 1.00 bits per heavy atom. The van der Waals surface area contributed by atoms with Crippen molar-refractivity contribution in [1.82, 2.24) is 10.2 Å². The van der Waals surface area contributed by atoms with Crippen molar-refractivity contribution in [2.75, 3.05) is 18.0 Å². The summed E-state index contributed by atoms with van der Waals surface area (Å²) in [5.74, 6) is 1.02. The van der Waals surface area contributed by atoms with E-state index in [1.807, 2.05) is 6.07 Å². The van der Waals surface area contributed by atoms with Crippen LogP contribution in [0.25, 0.3) is 0 Å². The van der Waals surface area contributed by atoms with E-state index in [2.05, 4.69) is 21.2 Å². The summed E-state index contributed by atoms with van der Waals surface area (Å²) in [6, 6.07) is 4.06. The first-order valence-electron chi connectivity index (χ1n) is 7.59. The Kier molecular flexibility index (Phi) is 3.69. The monoisotopic (exact) mass is 260 g/mol. The van der Waals surface area contributed by atoms with Crippen LogP contribution in [0, 0.1) is 5.41 Å². The van der Waals surface area contributed by atoms with Crippen molar-refractivity contribution in [3.8, 4) is 0 Å². The molecule has 1 aliphatic carbocycles. The SMILES string of the molecule is NCc1ccc(N2CCC3(CCCCC3)CC2)nn1. The molecule has 2 aliphatic rings. The zero-order valence-corrected chi connectivity index (χ0v) is 11.6. The van der Waals surface area contributed by atoms with Crippen LogP contribution in [0.2, 0.25) is 0 Å². The van der Waals surface area contributed by atoms with E-state index >= 15 is 0 Å². The third-order valence-corrected chi connectivity index (χ3v) is 4.98. The standard InChI is InChI=1S/C15H24N4/c16-12-13-4-5-14(18-17-13)19-10-8-15(9-11-19)6-2-1-3-7-15/h4-5H,1-3,6-12,16H2. The van der Waals surface area contributed by atoms with Crippen LogP contribution in [0.4, 0.5) is 5.82 Å². The highest BCUT2D eigenvalue weighted by Crippen LogP contribution is 2.44. The van der Waals surface area contributed by atoms with Crippen LogP contribution in [-0.2, 0) is 6.54 Å². The topological polar surface area (TPSA) is 55.0 Å². The van der Waals surface area contributed by atoms with Crippen LogP contribution in [0.1, 0.15) is 50.6 Å². The molecule has 0 radical (unpaired) electrons. The number of nitrogens with two attached hydrogens (primary N) is 1. The Balaban J connectivity index is 1.62. The Bertz CT molecular complexity index is 399. The maximum absolute atomic E-state index is 5.56. The summed E-state index contributed by atoms with van der Waals surface area (Å²) in [7, 11) is 0. The molecule has 2 fully saturated rings. The van der Waals surface area contributed by atoms with Gasteiger partial charge in [-0.2, -0.15) is 5.10 Å². The van der Waals surface area contributed by atoms with Crippen LogP contribution < -0.4 is 10.6 Å². The lowest BCUT2D eigenvalue weighted by Gasteiger charge is -2.44. The van der Waals surface area contributed by atoms with Gasteiger partial charge in [-0.1, -0.05) is 19.3 Å². The second kappa shape index (κ2) is 5.45. The van der Waals surface area contributed by atoms with Gasteiger partial charge in [-0.05, 0) is 43.2 Å². The molecule has 1 aromatic rings. The Morgan fingerprint density at radius 3 is 2.32 bits per heavy atom. The molecule has 1 saturated heterocycles. The molecular formula is C15H24N4. The molecule has 1 saturated carbocycles. The minimum atomic E-state index is 0.469. The smallest absolute Gasteiger partial charge is 0.151 e. The second-order valence-corrected chi connectivity index (χ2v) is 6.13. The van der Waals surface area contributed by atoms with Gasteiger partial charge in [-0.15, -0.1) is 5.10 Å². The molecule has 19 heavy (non-hydrogen) atoms. The van der Waals surface area contributed by atoms with Gasteiger partial charge in [-0.25, -0.2) is 0 Å². The summed E-state index contributed by atoms with van der Waals surface area (Å²) in [4.78, 5) is 2.38. The van der Waals surface area contributed by atoms with Gasteiger partial charge in [0.25, 0.3) is 0 Å². The molecule has 0 unspecified atom stereocenters. The van der Waals surface area contributed by atoms with E-state index in [0.717, 1.165) is 24.6 Å². The van der Waals surface area contributed by atoms with Crippen molar-refractivity contribution in [1.29, 1.82) is 0 Å².